The number of β-amino-alcohol motifs (C(OH)–C–C–N with tert-alkyl or cyclic N) is 1. The van der Waals surface area contributed by atoms with Crippen LogP contribution in [0.4, 0.5) is 0 Å². The lowest BCUT2D eigenvalue weighted by Gasteiger charge is -2.30. The van der Waals surface area contributed by atoms with Crippen LogP contribution in [-0.2, 0) is 24.2 Å². The Morgan fingerprint density at radius 2 is 1.96 bits per heavy atom. The standard InChI is InChI=1S/C20H25N3O2/c24-19(13-22-20(25)6-5-16-7-10-21-11-8-16)15-23-12-9-17-3-1-2-4-18(17)14-23/h1-4,7-8,10-11,19,24H,5-6,9,12-15H2,(H,22,25). The predicted octanol–water partition coefficient (Wildman–Crippen LogP) is 1.55. The second-order valence-corrected chi connectivity index (χ2v) is 6.57. The fraction of sp³-hybridized carbons (Fsp3) is 0.400. The Kier molecular flexibility index (Phi) is 6.14. The zero-order valence-corrected chi connectivity index (χ0v) is 14.4. The van der Waals surface area contributed by atoms with E-state index in [2.05, 4.69) is 39.5 Å². The first-order valence-electron chi connectivity index (χ1n) is 8.83. The van der Waals surface area contributed by atoms with E-state index >= 15 is 0 Å². The van der Waals surface area contributed by atoms with Crippen LogP contribution in [0, 0.1) is 0 Å². The highest BCUT2D eigenvalue weighted by molar-refractivity contribution is 5.76. The number of pyridine rings is 1. The topological polar surface area (TPSA) is 65.5 Å². The normalized spacial score (nSPS) is 15.4. The average Bonchev–Trinajstić information content (AvgIpc) is 2.65. The summed E-state index contributed by atoms with van der Waals surface area (Å²) in [5, 5.41) is 13.0. The third kappa shape index (κ3) is 5.37. The number of nitrogens with zero attached hydrogens (tertiary/aromatic N) is 2. The van der Waals surface area contributed by atoms with Gasteiger partial charge in [-0.2, -0.15) is 0 Å². The van der Waals surface area contributed by atoms with Crippen molar-refractivity contribution in [3.8, 4) is 0 Å². The lowest BCUT2D eigenvalue weighted by molar-refractivity contribution is -0.121. The zero-order valence-electron chi connectivity index (χ0n) is 14.4. The molecule has 0 saturated carbocycles. The Hall–Kier alpha value is -2.24. The number of carbonyl (C=O) groups is 1. The van der Waals surface area contributed by atoms with Crippen molar-refractivity contribution in [3.05, 3.63) is 65.5 Å². The monoisotopic (exact) mass is 339 g/mol. The predicted molar refractivity (Wildman–Crippen MR) is 97.0 cm³/mol. The van der Waals surface area contributed by atoms with E-state index in [1.54, 1.807) is 12.4 Å². The van der Waals surface area contributed by atoms with Crippen molar-refractivity contribution in [3.63, 3.8) is 0 Å². The minimum absolute atomic E-state index is 0.0279. The summed E-state index contributed by atoms with van der Waals surface area (Å²) in [6.07, 6.45) is 5.04. The Balaban J connectivity index is 1.37. The molecular weight excluding hydrogens is 314 g/mol. The third-order valence-corrected chi connectivity index (χ3v) is 4.60. The van der Waals surface area contributed by atoms with Gasteiger partial charge in [0.1, 0.15) is 0 Å². The molecule has 3 rings (SSSR count). The summed E-state index contributed by atoms with van der Waals surface area (Å²) in [5.74, 6) is -0.0279. The Morgan fingerprint density at radius 1 is 1.20 bits per heavy atom. The van der Waals surface area contributed by atoms with E-state index in [9.17, 15) is 9.90 Å². The molecule has 0 radical (unpaired) electrons. The second kappa shape index (κ2) is 8.74. The van der Waals surface area contributed by atoms with Crippen LogP contribution in [0.2, 0.25) is 0 Å². The van der Waals surface area contributed by atoms with Crippen molar-refractivity contribution < 1.29 is 9.90 Å². The summed E-state index contributed by atoms with van der Waals surface area (Å²) in [5.41, 5.74) is 3.83. The van der Waals surface area contributed by atoms with E-state index in [1.807, 2.05) is 12.1 Å². The maximum atomic E-state index is 11.9. The van der Waals surface area contributed by atoms with Crippen LogP contribution < -0.4 is 5.32 Å². The minimum Gasteiger partial charge on any atom is -0.390 e. The summed E-state index contributed by atoms with van der Waals surface area (Å²) in [6.45, 7) is 2.69. The number of aliphatic hydroxyl groups excluding tert-OH is 1. The van der Waals surface area contributed by atoms with Crippen molar-refractivity contribution in [1.29, 1.82) is 0 Å². The molecule has 132 valence electrons. The van der Waals surface area contributed by atoms with Gasteiger partial charge in [-0.05, 0) is 41.7 Å². The summed E-state index contributed by atoms with van der Waals surface area (Å²) in [7, 11) is 0. The molecule has 5 heteroatoms. The molecule has 1 atom stereocenters. The van der Waals surface area contributed by atoms with E-state index in [-0.39, 0.29) is 5.91 Å². The maximum Gasteiger partial charge on any atom is 0.220 e. The first-order valence-corrected chi connectivity index (χ1v) is 8.83. The Labute approximate surface area is 148 Å². The number of amides is 1. The average molecular weight is 339 g/mol. The number of hydrogen-bond donors (Lipinski definition) is 2. The van der Waals surface area contributed by atoms with Gasteiger partial charge in [0, 0.05) is 45.0 Å². The van der Waals surface area contributed by atoms with Crippen LogP contribution in [0.25, 0.3) is 0 Å². The molecule has 2 aromatic rings. The number of benzene rings is 1. The van der Waals surface area contributed by atoms with Crippen LogP contribution in [-0.4, -0.2) is 46.6 Å². The van der Waals surface area contributed by atoms with E-state index in [4.69, 9.17) is 0 Å². The van der Waals surface area contributed by atoms with Gasteiger partial charge in [0.2, 0.25) is 5.91 Å². The molecular formula is C20H25N3O2. The molecule has 0 saturated heterocycles. The number of hydrogen-bond acceptors (Lipinski definition) is 4. The third-order valence-electron chi connectivity index (χ3n) is 4.60. The first kappa shape index (κ1) is 17.6. The van der Waals surface area contributed by atoms with Crippen LogP contribution in [0.15, 0.2) is 48.8 Å². The van der Waals surface area contributed by atoms with Crippen LogP contribution in [0.5, 0.6) is 0 Å². The SMILES string of the molecule is O=C(CCc1ccncc1)NCC(O)CN1CCc2ccccc2C1. The van der Waals surface area contributed by atoms with E-state index in [0.29, 0.717) is 25.9 Å². The molecule has 1 aromatic heterocycles. The molecule has 0 spiro atoms. The van der Waals surface area contributed by atoms with Gasteiger partial charge in [0.05, 0.1) is 6.10 Å². The molecule has 1 aliphatic rings. The smallest absolute Gasteiger partial charge is 0.220 e. The van der Waals surface area contributed by atoms with Gasteiger partial charge in [-0.15, -0.1) is 0 Å². The molecule has 0 fully saturated rings. The molecule has 0 bridgehead atoms. The lowest BCUT2D eigenvalue weighted by atomic mass is 10.00. The Morgan fingerprint density at radius 3 is 2.76 bits per heavy atom. The molecule has 1 aromatic carbocycles. The van der Waals surface area contributed by atoms with Gasteiger partial charge in [-0.1, -0.05) is 24.3 Å². The summed E-state index contributed by atoms with van der Waals surface area (Å²) in [4.78, 5) is 18.1. The Bertz CT molecular complexity index is 690. The largest absolute Gasteiger partial charge is 0.390 e. The summed E-state index contributed by atoms with van der Waals surface area (Å²) >= 11 is 0. The van der Waals surface area contributed by atoms with Gasteiger partial charge in [-0.3, -0.25) is 14.7 Å². The number of carbonyl (C=O) groups excluding carboxylic acids is 1. The molecule has 5 nitrogen and oxygen atoms in total. The number of nitrogens with one attached hydrogen (secondary N) is 1. The molecule has 1 aliphatic heterocycles. The molecule has 1 amide bonds. The van der Waals surface area contributed by atoms with Crippen molar-refractivity contribution in [2.45, 2.75) is 31.9 Å². The quantitative estimate of drug-likeness (QED) is 0.803. The van der Waals surface area contributed by atoms with Gasteiger partial charge < -0.3 is 10.4 Å². The molecule has 1 unspecified atom stereocenters. The number of rotatable bonds is 7. The number of aliphatic hydroxyl groups is 1. The van der Waals surface area contributed by atoms with Gasteiger partial charge in [0.15, 0.2) is 0 Å². The van der Waals surface area contributed by atoms with Crippen LogP contribution in [0.1, 0.15) is 23.1 Å². The maximum absolute atomic E-state index is 11.9. The minimum atomic E-state index is -0.546. The zero-order chi connectivity index (χ0) is 17.5. The highest BCUT2D eigenvalue weighted by atomic mass is 16.3. The number of aromatic nitrogens is 1. The molecule has 2 heterocycles. The highest BCUT2D eigenvalue weighted by Gasteiger charge is 2.18. The molecule has 0 aliphatic carbocycles. The number of aryl methyl sites for hydroxylation is 1. The highest BCUT2D eigenvalue weighted by Crippen LogP contribution is 2.18. The van der Waals surface area contributed by atoms with E-state index in [1.165, 1.54) is 11.1 Å². The lowest BCUT2D eigenvalue weighted by Crippen LogP contribution is -2.42. The van der Waals surface area contributed by atoms with Gasteiger partial charge >= 0.3 is 0 Å². The van der Waals surface area contributed by atoms with Crippen LogP contribution in [0.3, 0.4) is 0 Å². The summed E-state index contributed by atoms with van der Waals surface area (Å²) < 4.78 is 0. The molecule has 2 N–H and O–H groups in total. The fourth-order valence-electron chi connectivity index (χ4n) is 3.20. The van der Waals surface area contributed by atoms with Gasteiger partial charge in [-0.25, -0.2) is 0 Å². The van der Waals surface area contributed by atoms with Gasteiger partial charge in [0.25, 0.3) is 0 Å². The van der Waals surface area contributed by atoms with Crippen LogP contribution >= 0.6 is 0 Å². The first-order chi connectivity index (χ1) is 12.2. The fourth-order valence-corrected chi connectivity index (χ4v) is 3.20. The van der Waals surface area contributed by atoms with Crippen molar-refractivity contribution in [1.82, 2.24) is 15.2 Å². The van der Waals surface area contributed by atoms with Crippen molar-refractivity contribution in [2.24, 2.45) is 0 Å². The van der Waals surface area contributed by atoms with Crippen molar-refractivity contribution in [2.75, 3.05) is 19.6 Å². The number of fused-ring (bicyclic) bond motifs is 1. The molecule has 25 heavy (non-hydrogen) atoms. The summed E-state index contributed by atoms with van der Waals surface area (Å²) in [6, 6.07) is 12.3. The van der Waals surface area contributed by atoms with E-state index in [0.717, 1.165) is 25.1 Å². The van der Waals surface area contributed by atoms with E-state index < -0.39 is 6.10 Å². The second-order valence-electron chi connectivity index (χ2n) is 6.57. The van der Waals surface area contributed by atoms with Crippen molar-refractivity contribution >= 4 is 5.91 Å².